The minimum absolute atomic E-state index is 0.180. The van der Waals surface area contributed by atoms with Crippen LogP contribution in [-0.2, 0) is 11.3 Å². The fourth-order valence-electron chi connectivity index (χ4n) is 3.76. The summed E-state index contributed by atoms with van der Waals surface area (Å²) in [5, 5.41) is 0. The highest BCUT2D eigenvalue weighted by Gasteiger charge is 2.37. The zero-order valence-electron chi connectivity index (χ0n) is 12.1. The first kappa shape index (κ1) is 13.5. The molecule has 108 valence electrons. The molecule has 20 heavy (non-hydrogen) atoms. The van der Waals surface area contributed by atoms with Crippen molar-refractivity contribution in [3.8, 4) is 0 Å². The third-order valence-corrected chi connectivity index (χ3v) is 4.90. The highest BCUT2D eigenvalue weighted by Crippen LogP contribution is 2.43. The molecule has 2 bridgehead atoms. The van der Waals surface area contributed by atoms with Crippen LogP contribution in [0, 0.1) is 11.8 Å². The first-order valence-electron chi connectivity index (χ1n) is 7.66. The largest absolute Gasteiger partial charge is 0.445 e. The van der Waals surface area contributed by atoms with Crippen LogP contribution in [0.1, 0.15) is 37.7 Å². The Labute approximate surface area is 120 Å². The molecule has 3 rings (SSSR count). The van der Waals surface area contributed by atoms with Gasteiger partial charge in [-0.15, -0.1) is 0 Å². The molecule has 3 heteroatoms. The van der Waals surface area contributed by atoms with E-state index < -0.39 is 0 Å². The average molecular weight is 273 g/mol. The van der Waals surface area contributed by atoms with E-state index in [0.29, 0.717) is 12.6 Å². The number of hydrogen-bond acceptors (Lipinski definition) is 2. The number of carbonyl (C=O) groups excluding carboxylic acids is 1. The topological polar surface area (TPSA) is 29.5 Å². The van der Waals surface area contributed by atoms with Crippen molar-refractivity contribution >= 4 is 6.09 Å². The van der Waals surface area contributed by atoms with Crippen LogP contribution in [-0.4, -0.2) is 24.1 Å². The molecule has 0 saturated heterocycles. The van der Waals surface area contributed by atoms with E-state index in [9.17, 15) is 4.79 Å². The summed E-state index contributed by atoms with van der Waals surface area (Å²) in [5.74, 6) is 1.67. The molecule has 2 aliphatic rings. The van der Waals surface area contributed by atoms with Gasteiger partial charge in [0, 0.05) is 13.1 Å². The molecule has 2 aliphatic carbocycles. The molecule has 3 atom stereocenters. The standard InChI is InChI=1S/C17H23NO2/c1-18(16-10-14-7-8-15(9-14)11-16)17(19)20-12-13-5-3-2-4-6-13/h2-6,14-16H,7-12H2,1H3/t14-,15+,16+. The van der Waals surface area contributed by atoms with Crippen molar-refractivity contribution in [2.75, 3.05) is 7.05 Å². The Morgan fingerprint density at radius 3 is 2.45 bits per heavy atom. The van der Waals surface area contributed by atoms with Crippen LogP contribution in [0.3, 0.4) is 0 Å². The third kappa shape index (κ3) is 2.97. The van der Waals surface area contributed by atoms with Crippen molar-refractivity contribution < 1.29 is 9.53 Å². The second kappa shape index (κ2) is 5.86. The molecule has 0 aliphatic heterocycles. The van der Waals surface area contributed by atoms with Gasteiger partial charge >= 0.3 is 6.09 Å². The van der Waals surface area contributed by atoms with E-state index in [4.69, 9.17) is 4.74 Å². The van der Waals surface area contributed by atoms with E-state index in [1.165, 1.54) is 19.3 Å². The number of fused-ring (bicyclic) bond motifs is 2. The smallest absolute Gasteiger partial charge is 0.410 e. The van der Waals surface area contributed by atoms with E-state index in [2.05, 4.69) is 0 Å². The van der Waals surface area contributed by atoms with E-state index in [0.717, 1.165) is 30.2 Å². The van der Waals surface area contributed by atoms with Crippen LogP contribution in [0.25, 0.3) is 0 Å². The summed E-state index contributed by atoms with van der Waals surface area (Å²) < 4.78 is 5.42. The van der Waals surface area contributed by atoms with Crippen molar-refractivity contribution in [2.24, 2.45) is 11.8 Å². The molecule has 0 heterocycles. The van der Waals surface area contributed by atoms with Gasteiger partial charge in [-0.1, -0.05) is 43.2 Å². The number of ether oxygens (including phenoxy) is 1. The van der Waals surface area contributed by atoms with E-state index in [-0.39, 0.29) is 6.09 Å². The molecule has 0 radical (unpaired) electrons. The van der Waals surface area contributed by atoms with E-state index in [1.807, 2.05) is 42.3 Å². The Balaban J connectivity index is 1.52. The lowest BCUT2D eigenvalue weighted by atomic mass is 9.85. The minimum atomic E-state index is -0.180. The van der Waals surface area contributed by atoms with Gasteiger partial charge in [-0.3, -0.25) is 0 Å². The quantitative estimate of drug-likeness (QED) is 0.837. The maximum Gasteiger partial charge on any atom is 0.410 e. The van der Waals surface area contributed by atoms with Crippen LogP contribution < -0.4 is 0 Å². The van der Waals surface area contributed by atoms with E-state index in [1.54, 1.807) is 0 Å². The van der Waals surface area contributed by atoms with Crippen LogP contribution >= 0.6 is 0 Å². The highest BCUT2D eigenvalue weighted by molar-refractivity contribution is 5.67. The fraction of sp³-hybridized carbons (Fsp3) is 0.588. The normalized spacial score (nSPS) is 28.1. The molecule has 0 spiro atoms. The first-order chi connectivity index (χ1) is 9.72. The summed E-state index contributed by atoms with van der Waals surface area (Å²) in [6, 6.07) is 10.2. The summed E-state index contributed by atoms with van der Waals surface area (Å²) in [6.07, 6.45) is 6.23. The number of rotatable bonds is 3. The summed E-state index contributed by atoms with van der Waals surface area (Å²) in [7, 11) is 1.89. The fourth-order valence-corrected chi connectivity index (χ4v) is 3.76. The van der Waals surface area contributed by atoms with Gasteiger partial charge in [0.25, 0.3) is 0 Å². The monoisotopic (exact) mass is 273 g/mol. The number of benzene rings is 1. The first-order valence-corrected chi connectivity index (χ1v) is 7.66. The van der Waals surface area contributed by atoms with Gasteiger partial charge in [0.15, 0.2) is 0 Å². The Morgan fingerprint density at radius 2 is 1.80 bits per heavy atom. The van der Waals surface area contributed by atoms with Gasteiger partial charge in [0.2, 0.25) is 0 Å². The second-order valence-corrected chi connectivity index (χ2v) is 6.32. The minimum Gasteiger partial charge on any atom is -0.445 e. The van der Waals surface area contributed by atoms with Crippen LogP contribution in [0.4, 0.5) is 4.79 Å². The number of hydrogen-bond donors (Lipinski definition) is 0. The summed E-state index contributed by atoms with van der Waals surface area (Å²) in [5.41, 5.74) is 1.04. The van der Waals surface area contributed by atoms with Crippen LogP contribution in [0.5, 0.6) is 0 Å². The number of amides is 1. The lowest BCUT2D eigenvalue weighted by Gasteiger charge is -2.34. The lowest BCUT2D eigenvalue weighted by Crippen LogP contribution is -2.40. The molecule has 2 fully saturated rings. The molecule has 0 aromatic heterocycles. The number of carbonyl (C=O) groups is 1. The second-order valence-electron chi connectivity index (χ2n) is 6.32. The maximum absolute atomic E-state index is 12.2. The molecule has 1 aromatic rings. The van der Waals surface area contributed by atoms with Crippen molar-refractivity contribution in [2.45, 2.75) is 44.8 Å². The van der Waals surface area contributed by atoms with Gasteiger partial charge in [-0.2, -0.15) is 0 Å². The Morgan fingerprint density at radius 1 is 1.15 bits per heavy atom. The van der Waals surface area contributed by atoms with Gasteiger partial charge in [-0.05, 0) is 36.7 Å². The molecule has 2 saturated carbocycles. The zero-order chi connectivity index (χ0) is 13.9. The van der Waals surface area contributed by atoms with Gasteiger partial charge in [0.1, 0.15) is 6.61 Å². The summed E-state index contributed by atoms with van der Waals surface area (Å²) in [4.78, 5) is 14.0. The molecule has 1 aromatic carbocycles. The molecule has 3 nitrogen and oxygen atoms in total. The third-order valence-electron chi connectivity index (χ3n) is 4.90. The predicted octanol–water partition coefficient (Wildman–Crippen LogP) is 3.83. The molecule has 0 unspecified atom stereocenters. The Kier molecular flexibility index (Phi) is 3.95. The van der Waals surface area contributed by atoms with Gasteiger partial charge in [0.05, 0.1) is 0 Å². The SMILES string of the molecule is CN(C(=O)OCc1ccccc1)[C@H]1C[C@@H]2CC[C@@H](C2)C1. The van der Waals surface area contributed by atoms with Crippen molar-refractivity contribution in [3.05, 3.63) is 35.9 Å². The van der Waals surface area contributed by atoms with Crippen molar-refractivity contribution in [1.29, 1.82) is 0 Å². The Bertz CT molecular complexity index is 447. The van der Waals surface area contributed by atoms with E-state index >= 15 is 0 Å². The van der Waals surface area contributed by atoms with Crippen LogP contribution in [0.2, 0.25) is 0 Å². The van der Waals surface area contributed by atoms with Crippen molar-refractivity contribution in [1.82, 2.24) is 4.90 Å². The summed E-state index contributed by atoms with van der Waals surface area (Å²) in [6.45, 7) is 0.365. The average Bonchev–Trinajstić information content (AvgIpc) is 2.83. The van der Waals surface area contributed by atoms with Gasteiger partial charge in [-0.25, -0.2) is 4.79 Å². The van der Waals surface area contributed by atoms with Crippen LogP contribution in [0.15, 0.2) is 30.3 Å². The molecular formula is C17H23NO2. The highest BCUT2D eigenvalue weighted by atomic mass is 16.6. The molecular weight excluding hydrogens is 250 g/mol. The predicted molar refractivity (Wildman–Crippen MR) is 78.2 cm³/mol. The molecule has 1 amide bonds. The lowest BCUT2D eigenvalue weighted by molar-refractivity contribution is 0.0760. The Hall–Kier alpha value is -1.51. The molecule has 0 N–H and O–H groups in total. The zero-order valence-corrected chi connectivity index (χ0v) is 12.1. The van der Waals surface area contributed by atoms with Crippen molar-refractivity contribution in [3.63, 3.8) is 0 Å². The summed E-state index contributed by atoms with van der Waals surface area (Å²) >= 11 is 0. The van der Waals surface area contributed by atoms with Gasteiger partial charge < -0.3 is 9.64 Å². The number of nitrogens with zero attached hydrogens (tertiary/aromatic N) is 1. The maximum atomic E-state index is 12.2.